The smallest absolute Gasteiger partial charge is 0.0553 e. The van der Waals surface area contributed by atoms with E-state index < -0.39 is 0 Å². The van der Waals surface area contributed by atoms with E-state index in [2.05, 4.69) is 302 Å². The van der Waals surface area contributed by atoms with Crippen LogP contribution < -0.4 is 24.5 Å². The SMILES string of the molecule is CCCCCCCCN1c2ccccc2Sc2cc(/C=C/c3ccc4c(c3)Sc3cc(/C=C/c5ccc6c(c5)Sc5cc(/C=C/c7ccc8c(c7)Sc7cc(/C=C/c9ccc%10c(c9)Sc9ccccc9N%10CCCCCCCC)ccc7N8CCCCCCCC)ccc5N6CCCCCCCC)ccc3N4CCCCCCCC)ccc21. The molecule has 0 unspecified atom stereocenters. The maximum Gasteiger partial charge on any atom is 0.0553 e. The normalized spacial score (nSPS) is 13.8. The van der Waals surface area contributed by atoms with E-state index in [0.717, 1.165) is 32.7 Å². The Balaban J connectivity index is 0.646. The Kier molecular flexibility index (Phi) is 31.2. The van der Waals surface area contributed by atoms with Gasteiger partial charge in [-0.2, -0.15) is 0 Å². The van der Waals surface area contributed by atoms with E-state index in [1.165, 1.54) is 343 Å². The van der Waals surface area contributed by atoms with Crippen molar-refractivity contribution in [3.63, 3.8) is 0 Å². The summed E-state index contributed by atoms with van der Waals surface area (Å²) in [6.45, 7) is 16.7. The highest BCUT2D eigenvalue weighted by Gasteiger charge is 2.30. The lowest BCUT2D eigenvalue weighted by Crippen LogP contribution is -2.22. The molecule has 0 saturated carbocycles. The van der Waals surface area contributed by atoms with Gasteiger partial charge in [-0.3, -0.25) is 0 Å². The molecule has 0 fully saturated rings. The minimum absolute atomic E-state index is 1.01. The zero-order valence-electron chi connectivity index (χ0n) is 71.1. The number of hydrogen-bond donors (Lipinski definition) is 0. The third-order valence-corrected chi connectivity index (χ3v) is 29.7. The average Bonchev–Trinajstić information content (AvgIpc) is 0.791. The molecule has 15 rings (SSSR count). The largest absolute Gasteiger partial charge is 0.340 e. The van der Waals surface area contributed by atoms with E-state index >= 15 is 0 Å². The fourth-order valence-electron chi connectivity index (χ4n) is 17.5. The lowest BCUT2D eigenvalue weighted by molar-refractivity contribution is 0.608. The summed E-state index contributed by atoms with van der Waals surface area (Å²) in [6.07, 6.45) is 57.2. The van der Waals surface area contributed by atoms with Crippen molar-refractivity contribution in [1.82, 2.24) is 0 Å². The molecule has 0 spiro atoms. The molecular formula is C108H125N5S5. The van der Waals surface area contributed by atoms with Gasteiger partial charge in [-0.25, -0.2) is 0 Å². The summed E-state index contributed by atoms with van der Waals surface area (Å²) in [5.41, 5.74) is 23.2. The van der Waals surface area contributed by atoms with Gasteiger partial charge in [0.2, 0.25) is 0 Å². The van der Waals surface area contributed by atoms with E-state index in [9.17, 15) is 0 Å². The van der Waals surface area contributed by atoms with Gasteiger partial charge in [0.25, 0.3) is 0 Å². The van der Waals surface area contributed by atoms with Crippen molar-refractivity contribution in [2.24, 2.45) is 0 Å². The monoisotopic (exact) mass is 1650 g/mol. The van der Waals surface area contributed by atoms with E-state index in [0.29, 0.717) is 0 Å². The summed E-state index contributed by atoms with van der Waals surface area (Å²) in [5.74, 6) is 0. The second-order valence-corrected chi connectivity index (χ2v) is 38.6. The lowest BCUT2D eigenvalue weighted by atomic mass is 10.1. The average molecular weight is 1650 g/mol. The molecule has 10 heteroatoms. The molecule has 5 aliphatic heterocycles. The Morgan fingerprint density at radius 3 is 0.508 bits per heavy atom. The highest BCUT2D eigenvalue weighted by molar-refractivity contribution is 8.00. The van der Waals surface area contributed by atoms with E-state index in [1.807, 2.05) is 58.8 Å². The van der Waals surface area contributed by atoms with Gasteiger partial charge in [-0.05, 0) is 198 Å². The van der Waals surface area contributed by atoms with Gasteiger partial charge in [0, 0.05) is 81.7 Å². The first-order valence-electron chi connectivity index (χ1n) is 45.6. The summed E-state index contributed by atoms with van der Waals surface area (Å²) in [7, 11) is 0. The van der Waals surface area contributed by atoms with Gasteiger partial charge < -0.3 is 24.5 Å². The molecule has 612 valence electrons. The Morgan fingerprint density at radius 1 is 0.169 bits per heavy atom. The first kappa shape index (κ1) is 84.9. The minimum atomic E-state index is 1.01. The zero-order valence-corrected chi connectivity index (χ0v) is 75.2. The zero-order chi connectivity index (χ0) is 80.6. The van der Waals surface area contributed by atoms with Crippen molar-refractivity contribution in [3.8, 4) is 0 Å². The number of benzene rings is 10. The highest BCUT2D eigenvalue weighted by Crippen LogP contribution is 2.55. The molecule has 5 aliphatic rings. The molecule has 0 atom stereocenters. The highest BCUT2D eigenvalue weighted by atomic mass is 32.2. The van der Waals surface area contributed by atoms with Crippen LogP contribution in [0.5, 0.6) is 0 Å². The lowest BCUT2D eigenvalue weighted by Gasteiger charge is -2.33. The molecular weight excluding hydrogens is 1530 g/mol. The number of rotatable bonds is 43. The predicted molar refractivity (Wildman–Crippen MR) is 523 cm³/mol. The van der Waals surface area contributed by atoms with Crippen LogP contribution in [0.25, 0.3) is 48.6 Å². The summed E-state index contributed by atoms with van der Waals surface area (Å²) in [6, 6.07) is 75.2. The van der Waals surface area contributed by atoms with E-state index in [1.54, 1.807) is 0 Å². The van der Waals surface area contributed by atoms with Crippen LogP contribution in [0.15, 0.2) is 243 Å². The van der Waals surface area contributed by atoms with Crippen LogP contribution in [0.1, 0.15) is 272 Å². The number of anilines is 10. The number of para-hydroxylation sites is 2. The van der Waals surface area contributed by atoms with Gasteiger partial charge in [-0.15, -0.1) is 0 Å². The number of nitrogens with zero attached hydrogens (tertiary/aromatic N) is 5. The van der Waals surface area contributed by atoms with Crippen LogP contribution in [0.2, 0.25) is 0 Å². The number of fused-ring (bicyclic) bond motifs is 10. The third kappa shape index (κ3) is 21.8. The van der Waals surface area contributed by atoms with Crippen LogP contribution in [0.4, 0.5) is 56.9 Å². The molecule has 10 aromatic carbocycles. The van der Waals surface area contributed by atoms with Crippen molar-refractivity contribution >= 4 is 164 Å². The number of hydrogen-bond acceptors (Lipinski definition) is 10. The van der Waals surface area contributed by atoms with Gasteiger partial charge in [-0.1, -0.05) is 375 Å². The van der Waals surface area contributed by atoms with Crippen LogP contribution >= 0.6 is 58.8 Å². The van der Waals surface area contributed by atoms with Crippen LogP contribution in [0, 0.1) is 0 Å². The van der Waals surface area contributed by atoms with E-state index in [4.69, 9.17) is 0 Å². The summed E-state index contributed by atoms with van der Waals surface area (Å²) in [4.78, 5) is 26.4. The van der Waals surface area contributed by atoms with Crippen LogP contribution in [-0.2, 0) is 0 Å². The Labute approximate surface area is 730 Å². The molecule has 5 heterocycles. The standard InChI is InChI=1S/C108H125N5S5/c1-6-11-16-21-26-35-68-109-89-40-31-33-42-99(89)114-101-73-81(52-60-91(101)109)44-46-83-54-62-93-103(75-83)116-105-77-85(56-64-95(105)111(93)70-37-28-23-18-13-8-3)48-50-87-58-66-97-107(79-87)118-108-80-88(59-67-98(108)113(97)72-39-30-25-20-15-10-5)51-49-86-57-65-96-106(78-86)117-104-76-84(55-63-94(104)112(96)71-38-29-24-19-14-9-4)47-45-82-53-61-92-102(74-82)115-100-43-34-32-41-90(100)110(92)69-36-27-22-17-12-7-2/h31-34,40-67,73-80H,6-30,35-39,68-72H2,1-5H3/b46-44+,47-45+,50-48+,51-49+. The van der Waals surface area contributed by atoms with Gasteiger partial charge in [0.15, 0.2) is 0 Å². The van der Waals surface area contributed by atoms with Gasteiger partial charge >= 0.3 is 0 Å². The van der Waals surface area contributed by atoms with Crippen molar-refractivity contribution < 1.29 is 0 Å². The predicted octanol–water partition coefficient (Wildman–Crippen LogP) is 35.2. The van der Waals surface area contributed by atoms with Crippen molar-refractivity contribution in [2.45, 2.75) is 276 Å². The third-order valence-electron chi connectivity index (χ3n) is 24.2. The topological polar surface area (TPSA) is 16.2 Å². The maximum atomic E-state index is 2.63. The summed E-state index contributed by atoms with van der Waals surface area (Å²) in [5, 5.41) is 0. The Hall–Kier alpha value is -8.09. The molecule has 0 aromatic heterocycles. The Morgan fingerprint density at radius 2 is 0.322 bits per heavy atom. The molecule has 0 aliphatic carbocycles. The van der Waals surface area contributed by atoms with Crippen molar-refractivity contribution in [1.29, 1.82) is 0 Å². The molecule has 118 heavy (non-hydrogen) atoms. The molecule has 10 aromatic rings. The minimum Gasteiger partial charge on any atom is -0.340 e. The second kappa shape index (κ2) is 43.4. The first-order chi connectivity index (χ1) is 58.3. The van der Waals surface area contributed by atoms with Crippen LogP contribution in [0.3, 0.4) is 0 Å². The second-order valence-electron chi connectivity index (χ2n) is 33.2. The fraction of sp³-hybridized carbons (Fsp3) is 0.370. The quantitative estimate of drug-likeness (QED) is 0.0270. The molecule has 0 N–H and O–H groups in total. The van der Waals surface area contributed by atoms with Crippen molar-refractivity contribution in [3.05, 3.63) is 239 Å². The first-order valence-corrected chi connectivity index (χ1v) is 49.7. The maximum absolute atomic E-state index is 2.63. The van der Waals surface area contributed by atoms with E-state index in [-0.39, 0.29) is 0 Å². The molecule has 0 amide bonds. The van der Waals surface area contributed by atoms with Gasteiger partial charge in [0.05, 0.1) is 56.9 Å². The summed E-state index contributed by atoms with van der Waals surface area (Å²) >= 11 is 9.64. The van der Waals surface area contributed by atoms with Crippen LogP contribution in [-0.4, -0.2) is 32.7 Å². The molecule has 0 saturated heterocycles. The van der Waals surface area contributed by atoms with Crippen molar-refractivity contribution in [2.75, 3.05) is 57.2 Å². The molecule has 0 bridgehead atoms. The molecule has 0 radical (unpaired) electrons. The number of unbranched alkanes of at least 4 members (excludes halogenated alkanes) is 25. The van der Waals surface area contributed by atoms with Gasteiger partial charge in [0.1, 0.15) is 0 Å². The summed E-state index contributed by atoms with van der Waals surface area (Å²) < 4.78 is 0. The molecule has 5 nitrogen and oxygen atoms in total. The fourth-order valence-corrected chi connectivity index (χ4v) is 23.4. The Bertz CT molecular complexity index is 4820.